The number of carbonyl (C=O) groups is 1. The SMILES string of the molecule is CC(C)(C)OC(=O)NC1CCC(NCc2ccoc2)C1. The first-order valence-electron chi connectivity index (χ1n) is 7.16. The molecule has 0 spiro atoms. The molecule has 1 aliphatic carbocycles. The molecular weight excluding hydrogens is 256 g/mol. The maximum Gasteiger partial charge on any atom is 0.407 e. The van der Waals surface area contributed by atoms with E-state index < -0.39 is 5.60 Å². The van der Waals surface area contributed by atoms with Crippen LogP contribution in [0.2, 0.25) is 0 Å². The predicted molar refractivity (Wildman–Crippen MR) is 76.3 cm³/mol. The molecule has 1 heterocycles. The van der Waals surface area contributed by atoms with Crippen molar-refractivity contribution < 1.29 is 13.9 Å². The third kappa shape index (κ3) is 4.89. The van der Waals surface area contributed by atoms with Crippen molar-refractivity contribution in [2.24, 2.45) is 0 Å². The van der Waals surface area contributed by atoms with E-state index in [1.54, 1.807) is 12.5 Å². The summed E-state index contributed by atoms with van der Waals surface area (Å²) in [6, 6.07) is 2.59. The first kappa shape index (κ1) is 14.9. The highest BCUT2D eigenvalue weighted by Crippen LogP contribution is 2.20. The molecule has 20 heavy (non-hydrogen) atoms. The van der Waals surface area contributed by atoms with Crippen LogP contribution >= 0.6 is 0 Å². The first-order chi connectivity index (χ1) is 9.42. The minimum atomic E-state index is -0.443. The van der Waals surface area contributed by atoms with Crippen LogP contribution in [0.4, 0.5) is 4.79 Å². The van der Waals surface area contributed by atoms with Gasteiger partial charge in [0.15, 0.2) is 0 Å². The summed E-state index contributed by atoms with van der Waals surface area (Å²) in [5.41, 5.74) is 0.704. The van der Waals surface area contributed by atoms with Crippen LogP contribution in [0.5, 0.6) is 0 Å². The summed E-state index contributed by atoms with van der Waals surface area (Å²) < 4.78 is 10.3. The Kier molecular flexibility index (Phi) is 4.70. The molecule has 2 unspecified atom stereocenters. The molecule has 0 aliphatic heterocycles. The van der Waals surface area contributed by atoms with Gasteiger partial charge in [-0.1, -0.05) is 0 Å². The minimum absolute atomic E-state index is 0.201. The lowest BCUT2D eigenvalue weighted by Crippen LogP contribution is -2.38. The largest absolute Gasteiger partial charge is 0.472 e. The Hall–Kier alpha value is -1.49. The van der Waals surface area contributed by atoms with E-state index in [2.05, 4.69) is 10.6 Å². The van der Waals surface area contributed by atoms with E-state index in [-0.39, 0.29) is 12.1 Å². The summed E-state index contributed by atoms with van der Waals surface area (Å²) in [6.45, 7) is 6.42. The van der Waals surface area contributed by atoms with Crippen LogP contribution < -0.4 is 10.6 Å². The van der Waals surface area contributed by atoms with Gasteiger partial charge in [-0.15, -0.1) is 0 Å². The number of alkyl carbamates (subject to hydrolysis) is 1. The average Bonchev–Trinajstić information content (AvgIpc) is 2.94. The number of rotatable bonds is 4. The lowest BCUT2D eigenvalue weighted by Gasteiger charge is -2.21. The number of carbonyl (C=O) groups excluding carboxylic acids is 1. The van der Waals surface area contributed by atoms with Crippen LogP contribution in [-0.2, 0) is 11.3 Å². The molecule has 1 amide bonds. The van der Waals surface area contributed by atoms with Gasteiger partial charge in [0, 0.05) is 24.2 Å². The summed E-state index contributed by atoms with van der Waals surface area (Å²) in [5.74, 6) is 0. The Labute approximate surface area is 120 Å². The summed E-state index contributed by atoms with van der Waals surface area (Å²) in [5, 5.41) is 6.42. The number of nitrogens with one attached hydrogen (secondary N) is 2. The molecule has 0 saturated heterocycles. The van der Waals surface area contributed by atoms with Crippen molar-refractivity contribution in [3.05, 3.63) is 24.2 Å². The fourth-order valence-corrected chi connectivity index (χ4v) is 2.43. The van der Waals surface area contributed by atoms with Gasteiger partial charge in [0.05, 0.1) is 12.5 Å². The zero-order valence-corrected chi connectivity index (χ0v) is 12.4. The topological polar surface area (TPSA) is 63.5 Å². The Morgan fingerprint density at radius 3 is 2.80 bits per heavy atom. The Bertz CT molecular complexity index is 423. The van der Waals surface area contributed by atoms with E-state index in [9.17, 15) is 4.79 Å². The van der Waals surface area contributed by atoms with Gasteiger partial charge in [0.1, 0.15) is 5.60 Å². The molecule has 5 nitrogen and oxygen atoms in total. The van der Waals surface area contributed by atoms with Gasteiger partial charge >= 0.3 is 6.09 Å². The van der Waals surface area contributed by atoms with E-state index >= 15 is 0 Å². The molecule has 2 N–H and O–H groups in total. The first-order valence-corrected chi connectivity index (χ1v) is 7.16. The molecule has 1 aromatic rings. The van der Waals surface area contributed by atoms with E-state index in [1.165, 1.54) is 0 Å². The number of amides is 1. The van der Waals surface area contributed by atoms with Gasteiger partial charge in [-0.3, -0.25) is 0 Å². The summed E-state index contributed by atoms with van der Waals surface area (Å²) >= 11 is 0. The van der Waals surface area contributed by atoms with Crippen molar-refractivity contribution in [2.75, 3.05) is 0 Å². The number of furan rings is 1. The van der Waals surface area contributed by atoms with E-state index in [4.69, 9.17) is 9.15 Å². The third-order valence-electron chi connectivity index (χ3n) is 3.33. The van der Waals surface area contributed by atoms with Crippen molar-refractivity contribution >= 4 is 6.09 Å². The summed E-state index contributed by atoms with van der Waals surface area (Å²) in [4.78, 5) is 11.7. The van der Waals surface area contributed by atoms with E-state index in [1.807, 2.05) is 26.8 Å². The maximum atomic E-state index is 11.7. The van der Waals surface area contributed by atoms with Gasteiger partial charge < -0.3 is 19.8 Å². The van der Waals surface area contributed by atoms with Crippen LogP contribution in [0, 0.1) is 0 Å². The van der Waals surface area contributed by atoms with E-state index in [0.29, 0.717) is 6.04 Å². The zero-order valence-electron chi connectivity index (χ0n) is 12.4. The zero-order chi connectivity index (χ0) is 14.6. The second kappa shape index (κ2) is 6.31. The second-order valence-electron chi connectivity index (χ2n) is 6.37. The van der Waals surface area contributed by atoms with Crippen molar-refractivity contribution in [3.8, 4) is 0 Å². The number of ether oxygens (including phenoxy) is 1. The molecule has 1 aromatic heterocycles. The monoisotopic (exact) mass is 280 g/mol. The number of hydrogen-bond donors (Lipinski definition) is 2. The van der Waals surface area contributed by atoms with Crippen molar-refractivity contribution in [1.82, 2.24) is 10.6 Å². The molecule has 0 bridgehead atoms. The number of hydrogen-bond acceptors (Lipinski definition) is 4. The van der Waals surface area contributed by atoms with Crippen LogP contribution in [0.1, 0.15) is 45.6 Å². The third-order valence-corrected chi connectivity index (χ3v) is 3.33. The highest BCUT2D eigenvalue weighted by atomic mass is 16.6. The van der Waals surface area contributed by atoms with Gasteiger partial charge in [0.25, 0.3) is 0 Å². The molecule has 2 rings (SSSR count). The highest BCUT2D eigenvalue weighted by Gasteiger charge is 2.27. The van der Waals surface area contributed by atoms with Crippen LogP contribution in [0.15, 0.2) is 23.0 Å². The summed E-state index contributed by atoms with van der Waals surface area (Å²) in [6.07, 6.45) is 6.10. The summed E-state index contributed by atoms with van der Waals surface area (Å²) in [7, 11) is 0. The van der Waals surface area contributed by atoms with Gasteiger partial charge in [-0.05, 0) is 46.1 Å². The fraction of sp³-hybridized carbons (Fsp3) is 0.667. The van der Waals surface area contributed by atoms with Crippen molar-refractivity contribution in [1.29, 1.82) is 0 Å². The molecule has 1 fully saturated rings. The average molecular weight is 280 g/mol. The standard InChI is InChI=1S/C15H24N2O3/c1-15(2,3)20-14(18)17-13-5-4-12(8-13)16-9-11-6-7-19-10-11/h6-7,10,12-13,16H,4-5,8-9H2,1-3H3,(H,17,18). The second-order valence-corrected chi connectivity index (χ2v) is 6.37. The lowest BCUT2D eigenvalue weighted by atomic mass is 10.2. The predicted octanol–water partition coefficient (Wildman–Crippen LogP) is 2.82. The van der Waals surface area contributed by atoms with Crippen molar-refractivity contribution in [3.63, 3.8) is 0 Å². The Balaban J connectivity index is 1.68. The lowest BCUT2D eigenvalue weighted by molar-refractivity contribution is 0.0505. The van der Waals surface area contributed by atoms with Gasteiger partial charge in [-0.25, -0.2) is 4.79 Å². The Morgan fingerprint density at radius 1 is 1.40 bits per heavy atom. The van der Waals surface area contributed by atoms with Crippen LogP contribution in [0.3, 0.4) is 0 Å². The molecular formula is C15H24N2O3. The molecule has 1 aliphatic rings. The molecule has 2 atom stereocenters. The Morgan fingerprint density at radius 2 is 2.15 bits per heavy atom. The highest BCUT2D eigenvalue weighted by molar-refractivity contribution is 5.68. The molecule has 0 radical (unpaired) electrons. The smallest absolute Gasteiger partial charge is 0.407 e. The van der Waals surface area contributed by atoms with Crippen LogP contribution in [-0.4, -0.2) is 23.8 Å². The van der Waals surface area contributed by atoms with Gasteiger partial charge in [-0.2, -0.15) is 0 Å². The molecule has 0 aromatic carbocycles. The van der Waals surface area contributed by atoms with Crippen molar-refractivity contribution in [2.45, 2.75) is 64.3 Å². The maximum absolute atomic E-state index is 11.7. The molecule has 5 heteroatoms. The molecule has 1 saturated carbocycles. The normalized spacial score (nSPS) is 22.8. The van der Waals surface area contributed by atoms with Crippen LogP contribution in [0.25, 0.3) is 0 Å². The molecule has 112 valence electrons. The fourth-order valence-electron chi connectivity index (χ4n) is 2.43. The minimum Gasteiger partial charge on any atom is -0.472 e. The quantitative estimate of drug-likeness (QED) is 0.890. The van der Waals surface area contributed by atoms with Gasteiger partial charge in [0.2, 0.25) is 0 Å². The van der Waals surface area contributed by atoms with E-state index in [0.717, 1.165) is 31.4 Å².